The van der Waals surface area contributed by atoms with Crippen molar-refractivity contribution < 1.29 is 4.52 Å². The van der Waals surface area contributed by atoms with Crippen molar-refractivity contribution >= 4 is 0 Å². The summed E-state index contributed by atoms with van der Waals surface area (Å²) in [7, 11) is 0. The van der Waals surface area contributed by atoms with Crippen LogP contribution in [0.2, 0.25) is 0 Å². The Morgan fingerprint density at radius 1 is 1.25 bits per heavy atom. The van der Waals surface area contributed by atoms with Crippen molar-refractivity contribution in [1.29, 1.82) is 0 Å². The van der Waals surface area contributed by atoms with Gasteiger partial charge in [-0.15, -0.1) is 0 Å². The zero-order valence-electron chi connectivity index (χ0n) is 6.18. The normalized spacial score (nSPS) is 10.0. The average Bonchev–Trinajstić information content (AvgIpc) is 2.54. The first-order chi connectivity index (χ1) is 5.86. The first-order valence-corrected chi connectivity index (χ1v) is 3.46. The summed E-state index contributed by atoms with van der Waals surface area (Å²) in [6, 6.07) is 4.87. The summed E-state index contributed by atoms with van der Waals surface area (Å²) in [6.45, 7) is 0. The van der Waals surface area contributed by atoms with Crippen molar-refractivity contribution in [3.8, 4) is 5.69 Å². The van der Waals surface area contributed by atoms with E-state index in [4.69, 9.17) is 4.52 Å². The molecule has 0 fully saturated rings. The van der Waals surface area contributed by atoms with Crippen LogP contribution in [0.5, 0.6) is 0 Å². The second kappa shape index (κ2) is 2.65. The van der Waals surface area contributed by atoms with Gasteiger partial charge in [-0.2, -0.15) is 4.74 Å². The minimum absolute atomic E-state index is 0.355. The highest BCUT2D eigenvalue weighted by Crippen LogP contribution is 2.02. The molecule has 0 unspecified atom stereocenters. The molecule has 60 valence electrons. The molecule has 2 heterocycles. The minimum Gasteiger partial charge on any atom is -0.332 e. The first-order valence-electron chi connectivity index (χ1n) is 3.46. The van der Waals surface area contributed by atoms with E-state index in [1.165, 1.54) is 10.8 Å². The second-order valence-corrected chi connectivity index (χ2v) is 2.26. The van der Waals surface area contributed by atoms with Gasteiger partial charge in [0, 0.05) is 18.5 Å². The van der Waals surface area contributed by atoms with Gasteiger partial charge in [0.25, 0.3) is 0 Å². The fourth-order valence-corrected chi connectivity index (χ4v) is 0.916. The third-order valence-electron chi connectivity index (χ3n) is 1.45. The van der Waals surface area contributed by atoms with E-state index in [1.54, 1.807) is 30.7 Å². The lowest BCUT2D eigenvalue weighted by Crippen LogP contribution is -1.93. The second-order valence-electron chi connectivity index (χ2n) is 2.26. The van der Waals surface area contributed by atoms with Gasteiger partial charge in [-0.3, -0.25) is 4.98 Å². The molecule has 0 N–H and O–H groups in total. The number of pyridine rings is 1. The lowest BCUT2D eigenvalue weighted by molar-refractivity contribution is 0.323. The topological polar surface area (TPSA) is 48.0 Å². The van der Waals surface area contributed by atoms with Crippen LogP contribution in [0.3, 0.4) is 0 Å². The molecule has 2 aromatic heterocycles. The number of nitrogens with zero attached hydrogens (tertiary/aromatic N) is 2. The van der Waals surface area contributed by atoms with E-state index < -0.39 is 0 Å². The Bertz CT molecular complexity index is 416. The summed E-state index contributed by atoms with van der Waals surface area (Å²) in [5.41, 5.74) is 0.430. The Morgan fingerprint density at radius 3 is 2.58 bits per heavy atom. The van der Waals surface area contributed by atoms with Crippen LogP contribution in [0.15, 0.2) is 46.1 Å². The molecular weight excluding hydrogens is 156 g/mol. The van der Waals surface area contributed by atoms with E-state index in [0.717, 1.165) is 5.69 Å². The zero-order valence-corrected chi connectivity index (χ0v) is 6.18. The number of aromatic nitrogens is 2. The molecule has 4 nitrogen and oxygen atoms in total. The highest BCUT2D eigenvalue weighted by Gasteiger charge is 1.96. The smallest absolute Gasteiger partial charge is 0.332 e. The molecule has 0 spiro atoms. The fourth-order valence-electron chi connectivity index (χ4n) is 0.916. The Balaban J connectivity index is 2.51. The molecule has 0 radical (unpaired) electrons. The van der Waals surface area contributed by atoms with Gasteiger partial charge in [0.1, 0.15) is 0 Å². The molecular formula is C8H6N2O2. The summed E-state index contributed by atoms with van der Waals surface area (Å²) in [5, 5.41) is 0. The van der Waals surface area contributed by atoms with E-state index in [-0.39, 0.29) is 5.63 Å². The van der Waals surface area contributed by atoms with Crippen molar-refractivity contribution in [2.45, 2.75) is 0 Å². The molecule has 0 aromatic carbocycles. The Kier molecular flexibility index (Phi) is 1.51. The Labute approximate surface area is 68.0 Å². The van der Waals surface area contributed by atoms with Crippen molar-refractivity contribution in [3.05, 3.63) is 47.2 Å². The maximum absolute atomic E-state index is 10.7. The fraction of sp³-hybridized carbons (Fsp3) is 0. The van der Waals surface area contributed by atoms with Crippen LogP contribution < -0.4 is 5.63 Å². The van der Waals surface area contributed by atoms with Gasteiger partial charge in [-0.1, -0.05) is 0 Å². The number of hydrogen-bond acceptors (Lipinski definition) is 3. The summed E-state index contributed by atoms with van der Waals surface area (Å²) >= 11 is 0. The molecule has 0 aliphatic rings. The predicted octanol–water partition coefficient (Wildman–Crippen LogP) is 0.825. The Hall–Kier alpha value is -1.84. The van der Waals surface area contributed by atoms with Crippen LogP contribution >= 0.6 is 0 Å². The predicted molar refractivity (Wildman–Crippen MR) is 42.1 cm³/mol. The van der Waals surface area contributed by atoms with Gasteiger partial charge in [-0.05, 0) is 12.1 Å². The summed E-state index contributed by atoms with van der Waals surface area (Å²) in [4.78, 5) is 14.5. The van der Waals surface area contributed by atoms with E-state index >= 15 is 0 Å². The molecule has 0 aliphatic heterocycles. The number of rotatable bonds is 1. The molecule has 4 heteroatoms. The molecule has 12 heavy (non-hydrogen) atoms. The molecule has 2 aromatic rings. The highest BCUT2D eigenvalue weighted by atomic mass is 16.5. The summed E-state index contributed by atoms with van der Waals surface area (Å²) in [5.74, 6) is 0. The van der Waals surface area contributed by atoms with Gasteiger partial charge in [0.2, 0.25) is 0 Å². The van der Waals surface area contributed by atoms with Crippen LogP contribution in [0.25, 0.3) is 5.69 Å². The van der Waals surface area contributed by atoms with Crippen molar-refractivity contribution in [1.82, 2.24) is 9.72 Å². The zero-order chi connectivity index (χ0) is 8.39. The van der Waals surface area contributed by atoms with Crippen molar-refractivity contribution in [3.63, 3.8) is 0 Å². The quantitative estimate of drug-likeness (QED) is 0.623. The van der Waals surface area contributed by atoms with Crippen molar-refractivity contribution in [2.75, 3.05) is 0 Å². The third-order valence-corrected chi connectivity index (χ3v) is 1.45. The molecule has 0 aliphatic carbocycles. The van der Waals surface area contributed by atoms with E-state index in [0.29, 0.717) is 0 Å². The van der Waals surface area contributed by atoms with Crippen LogP contribution in [0.1, 0.15) is 0 Å². The maximum atomic E-state index is 10.7. The largest absolute Gasteiger partial charge is 0.358 e. The molecule has 0 saturated carbocycles. The van der Waals surface area contributed by atoms with Gasteiger partial charge in [-0.25, -0.2) is 4.79 Å². The van der Waals surface area contributed by atoms with Crippen LogP contribution in [0, 0.1) is 0 Å². The van der Waals surface area contributed by atoms with Crippen molar-refractivity contribution in [2.24, 2.45) is 0 Å². The van der Waals surface area contributed by atoms with E-state index in [1.807, 2.05) is 0 Å². The standard InChI is InChI=1S/C8H6N2O2/c11-8-3-6-10(12-8)7-1-4-9-5-2-7/h1-6H. The third kappa shape index (κ3) is 1.14. The van der Waals surface area contributed by atoms with Crippen LogP contribution in [-0.2, 0) is 0 Å². The summed E-state index contributed by atoms with van der Waals surface area (Å²) < 4.78 is 6.20. The van der Waals surface area contributed by atoms with E-state index in [2.05, 4.69) is 4.98 Å². The average molecular weight is 162 g/mol. The molecule has 0 atom stereocenters. The SMILES string of the molecule is O=c1ccn(-c2ccncc2)o1. The monoisotopic (exact) mass is 162 g/mol. The van der Waals surface area contributed by atoms with Crippen LogP contribution in [-0.4, -0.2) is 9.72 Å². The first kappa shape index (κ1) is 6.84. The number of hydrogen-bond donors (Lipinski definition) is 0. The van der Waals surface area contributed by atoms with Gasteiger partial charge in [0.05, 0.1) is 11.9 Å². The molecule has 0 amide bonds. The molecule has 0 saturated heterocycles. The molecule has 0 bridgehead atoms. The Morgan fingerprint density at radius 2 is 2.00 bits per heavy atom. The van der Waals surface area contributed by atoms with Gasteiger partial charge < -0.3 is 4.52 Å². The highest BCUT2D eigenvalue weighted by molar-refractivity contribution is 5.25. The van der Waals surface area contributed by atoms with Gasteiger partial charge >= 0.3 is 5.63 Å². The van der Waals surface area contributed by atoms with Crippen LogP contribution in [0.4, 0.5) is 0 Å². The molecule has 2 rings (SSSR count). The van der Waals surface area contributed by atoms with E-state index in [9.17, 15) is 4.79 Å². The minimum atomic E-state index is -0.355. The lowest BCUT2D eigenvalue weighted by atomic mass is 10.4. The lowest BCUT2D eigenvalue weighted by Gasteiger charge is -1.96. The summed E-state index contributed by atoms with van der Waals surface area (Å²) in [6.07, 6.45) is 4.84. The van der Waals surface area contributed by atoms with Gasteiger partial charge in [0.15, 0.2) is 0 Å². The maximum Gasteiger partial charge on any atom is 0.358 e.